The average molecular weight is 460 g/mol. The van der Waals surface area contributed by atoms with E-state index in [0.717, 1.165) is 22.2 Å². The van der Waals surface area contributed by atoms with Crippen LogP contribution in [0.1, 0.15) is 11.7 Å². The molecule has 0 bridgehead atoms. The molecule has 7 nitrogen and oxygen atoms in total. The highest BCUT2D eigenvalue weighted by atomic mass is 32.2. The molecular weight excluding hydrogens is 441 g/mol. The highest BCUT2D eigenvalue weighted by Crippen LogP contribution is 2.37. The molecule has 0 radical (unpaired) electrons. The topological polar surface area (TPSA) is 86.7 Å². The second-order valence-corrected chi connectivity index (χ2v) is 9.57. The highest BCUT2D eigenvalue weighted by Gasteiger charge is 2.30. The van der Waals surface area contributed by atoms with Gasteiger partial charge in [0.15, 0.2) is 5.76 Å². The van der Waals surface area contributed by atoms with Crippen molar-refractivity contribution in [3.8, 4) is 34.0 Å². The van der Waals surface area contributed by atoms with Crippen LogP contribution in [-0.4, -0.2) is 40.4 Å². The fourth-order valence-corrected chi connectivity index (χ4v) is 5.05. The standard InChI is InChI=1S/C24H18FN5O2S/c1-14-3-2-4-20(28-14)21-9-18-23(26-13-27-24(18)32-21)19-10-30(17-11-33(31)12-17)29-22(19)15-5-7-16(25)8-6-15/h2-10,13,17H,11-12H2,1H3. The number of aryl methyl sites for hydroxylation is 1. The molecule has 164 valence electrons. The first kappa shape index (κ1) is 19.9. The van der Waals surface area contributed by atoms with E-state index in [1.165, 1.54) is 18.5 Å². The summed E-state index contributed by atoms with van der Waals surface area (Å²) in [5.74, 6) is 1.42. The number of furan rings is 1. The van der Waals surface area contributed by atoms with Crippen LogP contribution in [0.2, 0.25) is 0 Å². The Balaban J connectivity index is 1.53. The fraction of sp³-hybridized carbons (Fsp3) is 0.167. The van der Waals surface area contributed by atoms with Gasteiger partial charge in [-0.15, -0.1) is 0 Å². The molecule has 6 rings (SSSR count). The minimum absolute atomic E-state index is 0.0625. The molecule has 1 fully saturated rings. The Bertz CT molecular complexity index is 1520. The van der Waals surface area contributed by atoms with Gasteiger partial charge in [0.25, 0.3) is 0 Å². The minimum Gasteiger partial charge on any atom is -0.436 e. The molecule has 0 atom stereocenters. The summed E-state index contributed by atoms with van der Waals surface area (Å²) in [6.07, 6.45) is 3.37. The van der Waals surface area contributed by atoms with Gasteiger partial charge in [0.1, 0.15) is 23.5 Å². The van der Waals surface area contributed by atoms with Gasteiger partial charge >= 0.3 is 0 Å². The number of fused-ring (bicyclic) bond motifs is 1. The SMILES string of the molecule is Cc1cccc(-c2cc3c(-c4cn(C5CS(=O)C5)nc4-c4ccc(F)cc4)ncnc3o2)n1. The average Bonchev–Trinajstić information content (AvgIpc) is 3.42. The van der Waals surface area contributed by atoms with Crippen LogP contribution in [0.25, 0.3) is 45.1 Å². The highest BCUT2D eigenvalue weighted by molar-refractivity contribution is 7.86. The predicted molar refractivity (Wildman–Crippen MR) is 123 cm³/mol. The lowest BCUT2D eigenvalue weighted by Gasteiger charge is -2.24. The third-order valence-electron chi connectivity index (χ3n) is 5.71. The minimum atomic E-state index is -0.812. The van der Waals surface area contributed by atoms with Crippen LogP contribution in [0.3, 0.4) is 0 Å². The zero-order chi connectivity index (χ0) is 22.5. The summed E-state index contributed by atoms with van der Waals surface area (Å²) in [5.41, 5.74) is 4.92. The predicted octanol–water partition coefficient (Wildman–Crippen LogP) is 4.57. The second kappa shape index (κ2) is 7.70. The van der Waals surface area contributed by atoms with Crippen molar-refractivity contribution in [3.63, 3.8) is 0 Å². The third-order valence-corrected chi connectivity index (χ3v) is 7.22. The number of aromatic nitrogens is 5. The van der Waals surface area contributed by atoms with Crippen molar-refractivity contribution < 1.29 is 13.0 Å². The Hall–Kier alpha value is -3.72. The first-order valence-electron chi connectivity index (χ1n) is 10.4. The zero-order valence-electron chi connectivity index (χ0n) is 17.6. The maximum absolute atomic E-state index is 13.6. The molecule has 9 heteroatoms. The molecule has 0 unspecified atom stereocenters. The van der Waals surface area contributed by atoms with E-state index in [1.54, 1.807) is 12.1 Å². The van der Waals surface area contributed by atoms with Crippen LogP contribution in [0.5, 0.6) is 0 Å². The van der Waals surface area contributed by atoms with Crippen LogP contribution in [0.15, 0.2) is 65.5 Å². The van der Waals surface area contributed by atoms with E-state index in [0.29, 0.717) is 40.1 Å². The molecule has 1 saturated heterocycles. The number of hydrogen-bond donors (Lipinski definition) is 0. The summed E-state index contributed by atoms with van der Waals surface area (Å²) in [7, 11) is -0.812. The van der Waals surface area contributed by atoms with Crippen LogP contribution < -0.4 is 0 Å². The monoisotopic (exact) mass is 459 g/mol. The van der Waals surface area contributed by atoms with Crippen molar-refractivity contribution in [3.05, 3.63) is 72.6 Å². The fourth-order valence-electron chi connectivity index (χ4n) is 3.98. The van der Waals surface area contributed by atoms with Crippen molar-refractivity contribution in [2.75, 3.05) is 11.5 Å². The van der Waals surface area contributed by atoms with Gasteiger partial charge < -0.3 is 4.42 Å². The van der Waals surface area contributed by atoms with Crippen LogP contribution in [0.4, 0.5) is 4.39 Å². The number of pyridine rings is 1. The zero-order valence-corrected chi connectivity index (χ0v) is 18.4. The molecule has 0 amide bonds. The summed E-state index contributed by atoms with van der Waals surface area (Å²) in [6.45, 7) is 1.92. The Kier molecular flexibility index (Phi) is 4.65. The van der Waals surface area contributed by atoms with Gasteiger partial charge in [-0.2, -0.15) is 5.10 Å². The second-order valence-electron chi connectivity index (χ2n) is 8.02. The molecule has 0 spiro atoms. The summed E-state index contributed by atoms with van der Waals surface area (Å²) in [5, 5.41) is 5.52. The molecule has 1 aliphatic heterocycles. The lowest BCUT2D eigenvalue weighted by Crippen LogP contribution is -2.33. The van der Waals surface area contributed by atoms with Gasteiger partial charge in [-0.3, -0.25) is 8.89 Å². The molecule has 4 aromatic heterocycles. The molecule has 5 heterocycles. The number of halogens is 1. The van der Waals surface area contributed by atoms with Crippen molar-refractivity contribution in [1.29, 1.82) is 0 Å². The first-order chi connectivity index (χ1) is 16.0. The molecule has 0 saturated carbocycles. The van der Waals surface area contributed by atoms with Gasteiger partial charge in [0, 0.05) is 45.3 Å². The Morgan fingerprint density at radius 3 is 2.67 bits per heavy atom. The Morgan fingerprint density at radius 2 is 1.91 bits per heavy atom. The van der Waals surface area contributed by atoms with E-state index in [2.05, 4.69) is 15.0 Å². The molecule has 1 aliphatic rings. The number of benzene rings is 1. The smallest absolute Gasteiger partial charge is 0.230 e. The number of rotatable bonds is 4. The van der Waals surface area contributed by atoms with Crippen molar-refractivity contribution in [2.45, 2.75) is 13.0 Å². The van der Waals surface area contributed by atoms with Crippen molar-refractivity contribution in [2.24, 2.45) is 0 Å². The molecule has 0 N–H and O–H groups in total. The molecule has 33 heavy (non-hydrogen) atoms. The van der Waals surface area contributed by atoms with Crippen LogP contribution in [0, 0.1) is 12.7 Å². The van der Waals surface area contributed by atoms with Gasteiger partial charge in [0.2, 0.25) is 5.71 Å². The summed E-state index contributed by atoms with van der Waals surface area (Å²) in [6, 6.07) is 13.9. The quantitative estimate of drug-likeness (QED) is 0.391. The van der Waals surface area contributed by atoms with Gasteiger partial charge in [-0.1, -0.05) is 6.07 Å². The van der Waals surface area contributed by atoms with Crippen LogP contribution in [-0.2, 0) is 10.8 Å². The van der Waals surface area contributed by atoms with Gasteiger partial charge in [-0.05, 0) is 49.4 Å². The largest absolute Gasteiger partial charge is 0.436 e. The summed E-state index contributed by atoms with van der Waals surface area (Å²) >= 11 is 0. The maximum Gasteiger partial charge on any atom is 0.230 e. The van der Waals surface area contributed by atoms with E-state index >= 15 is 0 Å². The van der Waals surface area contributed by atoms with Crippen molar-refractivity contribution in [1.82, 2.24) is 24.7 Å². The maximum atomic E-state index is 13.6. The van der Waals surface area contributed by atoms with E-state index in [4.69, 9.17) is 9.52 Å². The third kappa shape index (κ3) is 3.54. The van der Waals surface area contributed by atoms with Crippen LogP contribution >= 0.6 is 0 Å². The van der Waals surface area contributed by atoms with Gasteiger partial charge in [-0.25, -0.2) is 19.3 Å². The van der Waals surface area contributed by atoms with Crippen molar-refractivity contribution >= 4 is 21.9 Å². The molecular formula is C24H18FN5O2S. The Morgan fingerprint density at radius 1 is 1.09 bits per heavy atom. The molecule has 0 aliphatic carbocycles. The molecule has 1 aromatic carbocycles. The lowest BCUT2D eigenvalue weighted by molar-refractivity contribution is 0.507. The first-order valence-corrected chi connectivity index (χ1v) is 11.9. The van der Waals surface area contributed by atoms with E-state index < -0.39 is 10.8 Å². The van der Waals surface area contributed by atoms with Gasteiger partial charge in [0.05, 0.1) is 17.1 Å². The lowest BCUT2D eigenvalue weighted by atomic mass is 10.0. The summed E-state index contributed by atoms with van der Waals surface area (Å²) in [4.78, 5) is 13.4. The molecule has 5 aromatic rings. The number of nitrogens with zero attached hydrogens (tertiary/aromatic N) is 5. The number of hydrogen-bond acceptors (Lipinski definition) is 6. The van der Waals surface area contributed by atoms with E-state index in [9.17, 15) is 8.60 Å². The normalized spacial score (nSPS) is 17.9. The summed E-state index contributed by atoms with van der Waals surface area (Å²) < 4.78 is 33.1. The Labute approximate surface area is 190 Å². The van der Waals surface area contributed by atoms with E-state index in [1.807, 2.05) is 42.1 Å². The van der Waals surface area contributed by atoms with E-state index in [-0.39, 0.29) is 11.9 Å².